The highest BCUT2D eigenvalue weighted by Crippen LogP contribution is 2.37. The van der Waals surface area contributed by atoms with Gasteiger partial charge >= 0.3 is 0 Å². The van der Waals surface area contributed by atoms with Gasteiger partial charge in [-0.1, -0.05) is 41.9 Å². The van der Waals surface area contributed by atoms with Gasteiger partial charge in [-0.25, -0.2) is 0 Å². The second-order valence-corrected chi connectivity index (χ2v) is 13.8. The highest BCUT2D eigenvalue weighted by molar-refractivity contribution is 6.32. The van der Waals surface area contributed by atoms with Gasteiger partial charge < -0.3 is 24.2 Å². The summed E-state index contributed by atoms with van der Waals surface area (Å²) < 4.78 is 19.0. The summed E-state index contributed by atoms with van der Waals surface area (Å²) in [6.07, 6.45) is 6.52. The molecular formula is C41H45ClN6O4. The zero-order valence-electron chi connectivity index (χ0n) is 29.9. The average molecular weight is 721 g/mol. The van der Waals surface area contributed by atoms with E-state index in [4.69, 9.17) is 25.8 Å². The van der Waals surface area contributed by atoms with E-state index in [9.17, 15) is 10.4 Å². The van der Waals surface area contributed by atoms with Crippen molar-refractivity contribution in [2.75, 3.05) is 33.3 Å². The van der Waals surface area contributed by atoms with Crippen molar-refractivity contribution in [1.29, 1.82) is 5.26 Å². The summed E-state index contributed by atoms with van der Waals surface area (Å²) in [6.45, 7) is 9.24. The predicted molar refractivity (Wildman–Crippen MR) is 201 cm³/mol. The number of rotatable bonds is 16. The first-order valence-electron chi connectivity index (χ1n) is 17.6. The number of halogens is 1. The van der Waals surface area contributed by atoms with Crippen LogP contribution in [0.5, 0.6) is 17.2 Å². The Morgan fingerprint density at radius 2 is 1.75 bits per heavy atom. The number of pyridine rings is 1. The minimum Gasteiger partial charge on any atom is -0.493 e. The van der Waals surface area contributed by atoms with Crippen LogP contribution in [0.3, 0.4) is 0 Å². The summed E-state index contributed by atoms with van der Waals surface area (Å²) >= 11 is 6.86. The van der Waals surface area contributed by atoms with E-state index in [-0.39, 0.29) is 12.7 Å². The smallest absolute Gasteiger partial charge is 0.142 e. The fourth-order valence-corrected chi connectivity index (χ4v) is 6.82. The number of aliphatic hydroxyl groups is 1. The molecule has 11 heteroatoms. The molecule has 6 rings (SSSR count). The van der Waals surface area contributed by atoms with Gasteiger partial charge in [-0.05, 0) is 85.8 Å². The molecule has 0 amide bonds. The average Bonchev–Trinajstić information content (AvgIpc) is 3.82. The normalized spacial score (nSPS) is 14.4. The van der Waals surface area contributed by atoms with Gasteiger partial charge in [0.15, 0.2) is 0 Å². The van der Waals surface area contributed by atoms with Crippen LogP contribution in [0.1, 0.15) is 51.9 Å². The summed E-state index contributed by atoms with van der Waals surface area (Å²) in [5, 5.41) is 26.7. The molecule has 0 aliphatic carbocycles. The maximum absolute atomic E-state index is 9.80. The molecule has 1 unspecified atom stereocenters. The molecule has 1 saturated heterocycles. The van der Waals surface area contributed by atoms with Crippen molar-refractivity contribution in [1.82, 2.24) is 25.0 Å². The van der Waals surface area contributed by atoms with E-state index in [2.05, 4.69) is 69.2 Å². The minimum absolute atomic E-state index is 0.201. The third-order valence-corrected chi connectivity index (χ3v) is 9.69. The van der Waals surface area contributed by atoms with E-state index in [0.29, 0.717) is 48.4 Å². The van der Waals surface area contributed by atoms with Crippen LogP contribution in [0, 0.1) is 25.2 Å². The van der Waals surface area contributed by atoms with Gasteiger partial charge in [-0.15, -0.1) is 0 Å². The zero-order chi connectivity index (χ0) is 36.5. The molecule has 5 aromatic rings. The Labute approximate surface area is 310 Å². The molecule has 0 saturated carbocycles. The standard InChI is InChI=1S/C41H45ClN6O4/c1-28-32(7-4-8-36(28)37-9-5-10-39(29(37)2)50-16-6-14-48-15-12-35(49)25-48)27-52-41-19-40(51-26-31-17-30(20-43)21-44-22-31)33(18-38(41)42)23-47(3)24-34-11-13-45-46-34/h4-5,7-11,13,17-19,21-22,35,49H,6,12,14-16,23-27H2,1-3H3,(H,45,46). The van der Waals surface area contributed by atoms with Crippen molar-refractivity contribution in [2.45, 2.75) is 59.1 Å². The molecular weight excluding hydrogens is 676 g/mol. The molecule has 2 N–H and O–H groups in total. The zero-order valence-corrected chi connectivity index (χ0v) is 30.7. The van der Waals surface area contributed by atoms with E-state index in [0.717, 1.165) is 82.9 Å². The number of aromatic amines is 1. The number of nitriles is 1. The van der Waals surface area contributed by atoms with Crippen LogP contribution in [0.4, 0.5) is 0 Å². The fourth-order valence-electron chi connectivity index (χ4n) is 6.58. The van der Waals surface area contributed by atoms with Crippen LogP contribution in [0.2, 0.25) is 5.02 Å². The Balaban J connectivity index is 1.16. The number of β-amino-alcohol motifs (C(OH)–C–C–N with tert-alkyl or cyclic N) is 1. The van der Waals surface area contributed by atoms with Crippen LogP contribution in [-0.4, -0.2) is 69.5 Å². The van der Waals surface area contributed by atoms with Gasteiger partial charge in [0.2, 0.25) is 0 Å². The fraction of sp³-hybridized carbons (Fsp3) is 0.341. The van der Waals surface area contributed by atoms with Crippen molar-refractivity contribution in [3.8, 4) is 34.4 Å². The van der Waals surface area contributed by atoms with Crippen molar-refractivity contribution in [3.63, 3.8) is 0 Å². The SMILES string of the molecule is Cc1c(COc2cc(OCc3cncc(C#N)c3)c(CN(C)Cc3ccn[nH]3)cc2Cl)cccc1-c1cccc(OCCCN2CCC(O)C2)c1C. The van der Waals surface area contributed by atoms with Crippen LogP contribution in [0.25, 0.3) is 11.1 Å². The van der Waals surface area contributed by atoms with Gasteiger partial charge in [-0.3, -0.25) is 15.0 Å². The number of benzene rings is 3. The van der Waals surface area contributed by atoms with Gasteiger partial charge in [0.1, 0.15) is 36.5 Å². The lowest BCUT2D eigenvalue weighted by atomic mass is 9.93. The first-order valence-corrected chi connectivity index (χ1v) is 18.0. The number of ether oxygens (including phenoxy) is 3. The van der Waals surface area contributed by atoms with Crippen LogP contribution in [0.15, 0.2) is 79.3 Å². The van der Waals surface area contributed by atoms with Gasteiger partial charge in [0.25, 0.3) is 0 Å². The van der Waals surface area contributed by atoms with E-state index in [1.165, 1.54) is 6.20 Å². The van der Waals surface area contributed by atoms with Gasteiger partial charge in [-0.2, -0.15) is 10.4 Å². The van der Waals surface area contributed by atoms with Gasteiger partial charge in [0, 0.05) is 74.2 Å². The summed E-state index contributed by atoms with van der Waals surface area (Å²) in [4.78, 5) is 8.61. The molecule has 270 valence electrons. The third kappa shape index (κ3) is 9.49. The van der Waals surface area contributed by atoms with E-state index >= 15 is 0 Å². The molecule has 1 aliphatic heterocycles. The summed E-state index contributed by atoms with van der Waals surface area (Å²) in [7, 11) is 2.02. The summed E-state index contributed by atoms with van der Waals surface area (Å²) in [5.74, 6) is 2.03. The van der Waals surface area contributed by atoms with E-state index < -0.39 is 0 Å². The number of hydrogen-bond donors (Lipinski definition) is 2. The number of H-pyrrole nitrogens is 1. The van der Waals surface area contributed by atoms with E-state index in [1.54, 1.807) is 18.5 Å². The number of hydrogen-bond acceptors (Lipinski definition) is 9. The highest BCUT2D eigenvalue weighted by Gasteiger charge is 2.20. The van der Waals surface area contributed by atoms with Crippen molar-refractivity contribution in [3.05, 3.63) is 123 Å². The highest BCUT2D eigenvalue weighted by atomic mass is 35.5. The van der Waals surface area contributed by atoms with Crippen LogP contribution >= 0.6 is 11.6 Å². The van der Waals surface area contributed by atoms with Crippen molar-refractivity contribution >= 4 is 11.6 Å². The number of nitrogens with zero attached hydrogens (tertiary/aromatic N) is 5. The Kier molecular flexibility index (Phi) is 12.4. The molecule has 2 aromatic heterocycles. The van der Waals surface area contributed by atoms with E-state index in [1.807, 2.05) is 37.4 Å². The lowest BCUT2D eigenvalue weighted by molar-refractivity contribution is 0.173. The molecule has 1 fully saturated rings. The minimum atomic E-state index is -0.201. The molecule has 0 radical (unpaired) electrons. The monoisotopic (exact) mass is 720 g/mol. The maximum Gasteiger partial charge on any atom is 0.142 e. The Morgan fingerprint density at radius 1 is 0.942 bits per heavy atom. The number of nitrogens with one attached hydrogen (secondary N) is 1. The quantitative estimate of drug-likeness (QED) is 0.102. The molecule has 1 atom stereocenters. The molecule has 10 nitrogen and oxygen atoms in total. The van der Waals surface area contributed by atoms with Crippen molar-refractivity contribution in [2.24, 2.45) is 0 Å². The summed E-state index contributed by atoms with van der Waals surface area (Å²) in [5.41, 5.74) is 8.64. The number of aliphatic hydroxyl groups excluding tert-OH is 1. The number of aromatic nitrogens is 3. The lowest BCUT2D eigenvalue weighted by Gasteiger charge is -2.21. The van der Waals surface area contributed by atoms with Gasteiger partial charge in [0.05, 0.1) is 23.3 Å². The maximum atomic E-state index is 9.80. The molecule has 1 aliphatic rings. The Bertz CT molecular complexity index is 2000. The molecule has 0 spiro atoms. The molecule has 52 heavy (non-hydrogen) atoms. The third-order valence-electron chi connectivity index (χ3n) is 9.40. The first-order chi connectivity index (χ1) is 25.3. The summed E-state index contributed by atoms with van der Waals surface area (Å²) in [6, 6.07) is 22.0. The molecule has 3 heterocycles. The predicted octanol–water partition coefficient (Wildman–Crippen LogP) is 7.24. The first kappa shape index (κ1) is 36.9. The second-order valence-electron chi connectivity index (χ2n) is 13.4. The molecule has 0 bridgehead atoms. The van der Waals surface area contributed by atoms with Crippen molar-refractivity contribution < 1.29 is 19.3 Å². The second kappa shape index (κ2) is 17.5. The Morgan fingerprint density at radius 3 is 2.52 bits per heavy atom. The number of likely N-dealkylation sites (tertiary alicyclic amines) is 1. The largest absolute Gasteiger partial charge is 0.493 e. The van der Waals surface area contributed by atoms with Crippen LogP contribution in [-0.2, 0) is 26.3 Å². The topological polar surface area (TPSA) is 120 Å². The lowest BCUT2D eigenvalue weighted by Crippen LogP contribution is -2.24. The van der Waals surface area contributed by atoms with Crippen LogP contribution < -0.4 is 14.2 Å². The Hall–Kier alpha value is -4.92. The molecule has 3 aromatic carbocycles.